The maximum absolute atomic E-state index is 11.0. The molecule has 0 saturated heterocycles. The number of primary amides is 1. The molecule has 0 saturated carbocycles. The zero-order chi connectivity index (χ0) is 15.7. The van der Waals surface area contributed by atoms with Gasteiger partial charge in [0.15, 0.2) is 11.5 Å². The first-order chi connectivity index (χ1) is 10.1. The zero-order valence-electron chi connectivity index (χ0n) is 13.1. The van der Waals surface area contributed by atoms with Crippen molar-refractivity contribution in [2.24, 2.45) is 5.73 Å². The molecule has 118 valence electrons. The van der Waals surface area contributed by atoms with Crippen LogP contribution in [0.4, 0.5) is 4.79 Å². The van der Waals surface area contributed by atoms with Crippen molar-refractivity contribution >= 4 is 6.03 Å². The fourth-order valence-electron chi connectivity index (χ4n) is 2.47. The van der Waals surface area contributed by atoms with E-state index in [-0.39, 0.29) is 5.92 Å². The van der Waals surface area contributed by atoms with Crippen molar-refractivity contribution < 1.29 is 14.3 Å². The average molecular weight is 294 g/mol. The van der Waals surface area contributed by atoms with Gasteiger partial charge in [-0.1, -0.05) is 38.3 Å². The van der Waals surface area contributed by atoms with Crippen molar-refractivity contribution in [3.8, 4) is 11.5 Å². The monoisotopic (exact) mass is 294 g/mol. The minimum Gasteiger partial charge on any atom is -0.493 e. The van der Waals surface area contributed by atoms with Crippen LogP contribution in [0.5, 0.6) is 11.5 Å². The number of nitrogens with two attached hydrogens (primary N) is 1. The molecule has 0 fully saturated rings. The molecule has 1 unspecified atom stereocenters. The third-order valence-corrected chi connectivity index (χ3v) is 3.55. The van der Waals surface area contributed by atoms with E-state index in [1.54, 1.807) is 14.2 Å². The summed E-state index contributed by atoms with van der Waals surface area (Å²) in [6, 6.07) is 5.32. The molecule has 1 rings (SSSR count). The Balaban J connectivity index is 2.97. The van der Waals surface area contributed by atoms with Gasteiger partial charge in [0.05, 0.1) is 14.2 Å². The van der Waals surface area contributed by atoms with Crippen LogP contribution >= 0.6 is 0 Å². The van der Waals surface area contributed by atoms with Gasteiger partial charge in [0.2, 0.25) is 0 Å². The summed E-state index contributed by atoms with van der Waals surface area (Å²) in [5, 5.41) is 2.70. The maximum Gasteiger partial charge on any atom is 0.312 e. The largest absolute Gasteiger partial charge is 0.493 e. The molecule has 21 heavy (non-hydrogen) atoms. The number of ether oxygens (including phenoxy) is 2. The Kier molecular flexibility index (Phi) is 7.43. The van der Waals surface area contributed by atoms with Gasteiger partial charge in [-0.3, -0.25) is 0 Å². The van der Waals surface area contributed by atoms with E-state index >= 15 is 0 Å². The van der Waals surface area contributed by atoms with Crippen LogP contribution in [0.2, 0.25) is 0 Å². The Hall–Kier alpha value is -1.91. The molecule has 1 atom stereocenters. The minimum atomic E-state index is -0.502. The number of hydrogen-bond acceptors (Lipinski definition) is 3. The molecular formula is C16H26N2O3. The summed E-state index contributed by atoms with van der Waals surface area (Å²) in [5.41, 5.74) is 6.24. The Labute approximate surface area is 126 Å². The van der Waals surface area contributed by atoms with Crippen molar-refractivity contribution in [1.29, 1.82) is 0 Å². The summed E-state index contributed by atoms with van der Waals surface area (Å²) >= 11 is 0. The van der Waals surface area contributed by atoms with Gasteiger partial charge in [0, 0.05) is 18.0 Å². The zero-order valence-corrected chi connectivity index (χ0v) is 13.1. The molecule has 0 aromatic heterocycles. The first kappa shape index (κ1) is 17.1. The predicted octanol–water partition coefficient (Wildman–Crippen LogP) is 3.04. The molecule has 0 spiro atoms. The lowest BCUT2D eigenvalue weighted by molar-refractivity contribution is 0.248. The minimum absolute atomic E-state index is 0.161. The Morgan fingerprint density at radius 1 is 1.29 bits per heavy atom. The molecule has 0 bridgehead atoms. The topological polar surface area (TPSA) is 73.6 Å². The van der Waals surface area contributed by atoms with Crippen molar-refractivity contribution in [2.45, 2.75) is 38.5 Å². The number of benzene rings is 1. The highest BCUT2D eigenvalue weighted by Gasteiger charge is 2.19. The number of carbonyl (C=O) groups is 1. The van der Waals surface area contributed by atoms with E-state index in [1.165, 1.54) is 6.42 Å². The normalized spacial score (nSPS) is 11.8. The lowest BCUT2D eigenvalue weighted by atomic mass is 9.92. The van der Waals surface area contributed by atoms with Gasteiger partial charge < -0.3 is 20.5 Å². The number of methoxy groups -OCH3 is 2. The number of carbonyl (C=O) groups excluding carboxylic acids is 1. The van der Waals surface area contributed by atoms with Crippen LogP contribution < -0.4 is 20.5 Å². The van der Waals surface area contributed by atoms with Crippen LogP contribution in [0.15, 0.2) is 18.2 Å². The number of unbranched alkanes of at least 4 members (excludes halogenated alkanes) is 2. The fraction of sp³-hybridized carbons (Fsp3) is 0.562. The highest BCUT2D eigenvalue weighted by Crippen LogP contribution is 2.37. The number of para-hydroxylation sites is 1. The third kappa shape index (κ3) is 5.17. The van der Waals surface area contributed by atoms with Crippen molar-refractivity contribution in [2.75, 3.05) is 20.8 Å². The standard InChI is InChI=1S/C16H26N2O3/c1-4-5-6-8-12(11-18-16(17)19)13-9-7-10-14(20-2)15(13)21-3/h7,9-10,12H,4-6,8,11H2,1-3H3,(H3,17,18,19). The van der Waals surface area contributed by atoms with Crippen molar-refractivity contribution in [3.05, 3.63) is 23.8 Å². The van der Waals surface area contributed by atoms with Crippen molar-refractivity contribution in [3.63, 3.8) is 0 Å². The molecule has 0 aliphatic heterocycles. The summed E-state index contributed by atoms with van der Waals surface area (Å²) in [4.78, 5) is 11.0. The molecule has 0 aliphatic rings. The highest BCUT2D eigenvalue weighted by atomic mass is 16.5. The van der Waals surface area contributed by atoms with E-state index in [0.717, 1.165) is 30.6 Å². The van der Waals surface area contributed by atoms with E-state index in [9.17, 15) is 4.79 Å². The fourth-order valence-corrected chi connectivity index (χ4v) is 2.47. The predicted molar refractivity (Wildman–Crippen MR) is 84.0 cm³/mol. The van der Waals surface area contributed by atoms with E-state index in [2.05, 4.69) is 12.2 Å². The Morgan fingerprint density at radius 3 is 2.62 bits per heavy atom. The molecule has 3 N–H and O–H groups in total. The van der Waals surface area contributed by atoms with Gasteiger partial charge in [0.25, 0.3) is 0 Å². The second kappa shape index (κ2) is 9.10. The molecular weight excluding hydrogens is 268 g/mol. The first-order valence-corrected chi connectivity index (χ1v) is 7.38. The second-order valence-electron chi connectivity index (χ2n) is 5.02. The number of rotatable bonds is 9. The molecule has 0 heterocycles. The molecule has 1 aromatic carbocycles. The molecule has 2 amide bonds. The SMILES string of the molecule is CCCCCC(CNC(N)=O)c1cccc(OC)c1OC. The van der Waals surface area contributed by atoms with Crippen LogP contribution in [-0.4, -0.2) is 26.8 Å². The summed E-state index contributed by atoms with van der Waals surface area (Å²) < 4.78 is 10.8. The van der Waals surface area contributed by atoms with E-state index < -0.39 is 6.03 Å². The second-order valence-corrected chi connectivity index (χ2v) is 5.02. The van der Waals surface area contributed by atoms with Crippen LogP contribution in [0.25, 0.3) is 0 Å². The average Bonchev–Trinajstić information content (AvgIpc) is 2.49. The molecule has 0 aliphatic carbocycles. The van der Waals surface area contributed by atoms with Gasteiger partial charge in [-0.05, 0) is 12.5 Å². The Morgan fingerprint density at radius 2 is 2.05 bits per heavy atom. The lowest BCUT2D eigenvalue weighted by Crippen LogP contribution is -2.33. The lowest BCUT2D eigenvalue weighted by Gasteiger charge is -2.21. The van der Waals surface area contributed by atoms with Gasteiger partial charge in [-0.2, -0.15) is 0 Å². The first-order valence-electron chi connectivity index (χ1n) is 7.38. The number of amides is 2. The molecule has 5 heteroatoms. The third-order valence-electron chi connectivity index (χ3n) is 3.55. The highest BCUT2D eigenvalue weighted by molar-refractivity contribution is 5.71. The van der Waals surface area contributed by atoms with E-state index in [0.29, 0.717) is 12.3 Å². The molecule has 5 nitrogen and oxygen atoms in total. The van der Waals surface area contributed by atoms with Gasteiger partial charge in [-0.25, -0.2) is 4.79 Å². The van der Waals surface area contributed by atoms with Crippen LogP contribution in [0.1, 0.15) is 44.1 Å². The van der Waals surface area contributed by atoms with Gasteiger partial charge >= 0.3 is 6.03 Å². The summed E-state index contributed by atoms with van der Waals surface area (Å²) in [6.45, 7) is 2.67. The smallest absolute Gasteiger partial charge is 0.312 e. The van der Waals surface area contributed by atoms with Crippen LogP contribution in [-0.2, 0) is 0 Å². The number of nitrogens with one attached hydrogen (secondary N) is 1. The molecule has 1 aromatic rings. The quantitative estimate of drug-likeness (QED) is 0.687. The van der Waals surface area contributed by atoms with Crippen LogP contribution in [0, 0.1) is 0 Å². The summed E-state index contributed by atoms with van der Waals surface area (Å²) in [6.07, 6.45) is 4.39. The van der Waals surface area contributed by atoms with Gasteiger partial charge in [-0.15, -0.1) is 0 Å². The maximum atomic E-state index is 11.0. The van der Waals surface area contributed by atoms with E-state index in [1.807, 2.05) is 18.2 Å². The van der Waals surface area contributed by atoms with Crippen LogP contribution in [0.3, 0.4) is 0 Å². The number of urea groups is 1. The number of hydrogen-bond donors (Lipinski definition) is 2. The van der Waals surface area contributed by atoms with Crippen molar-refractivity contribution in [1.82, 2.24) is 5.32 Å². The van der Waals surface area contributed by atoms with Gasteiger partial charge in [0.1, 0.15) is 0 Å². The molecule has 0 radical (unpaired) electrons. The summed E-state index contributed by atoms with van der Waals surface area (Å²) in [7, 11) is 3.25. The summed E-state index contributed by atoms with van der Waals surface area (Å²) in [5.74, 6) is 1.59. The Bertz CT molecular complexity index is 449. The van der Waals surface area contributed by atoms with E-state index in [4.69, 9.17) is 15.2 Å².